The minimum atomic E-state index is -0.388. The second kappa shape index (κ2) is 5.72. The number of fused-ring (bicyclic) bond motifs is 3. The predicted molar refractivity (Wildman–Crippen MR) is 94.7 cm³/mol. The Bertz CT molecular complexity index is 923. The lowest BCUT2D eigenvalue weighted by Crippen LogP contribution is -2.25. The molecule has 0 radical (unpaired) electrons. The van der Waals surface area contributed by atoms with E-state index in [1.807, 2.05) is 6.07 Å². The molecule has 3 aliphatic heterocycles. The van der Waals surface area contributed by atoms with Crippen LogP contribution in [-0.2, 0) is 6.42 Å². The third-order valence-electron chi connectivity index (χ3n) is 5.24. The van der Waals surface area contributed by atoms with E-state index in [-0.39, 0.29) is 17.4 Å². The van der Waals surface area contributed by atoms with Gasteiger partial charge in [0.25, 0.3) is 5.69 Å². The van der Waals surface area contributed by atoms with Crippen LogP contribution in [0.3, 0.4) is 0 Å². The highest BCUT2D eigenvalue weighted by Crippen LogP contribution is 2.38. The summed E-state index contributed by atoms with van der Waals surface area (Å²) in [7, 11) is 0. The van der Waals surface area contributed by atoms with Crippen molar-refractivity contribution in [3.05, 3.63) is 63.2 Å². The van der Waals surface area contributed by atoms with Crippen molar-refractivity contribution in [1.82, 2.24) is 5.01 Å². The van der Waals surface area contributed by atoms with Crippen LogP contribution in [0.15, 0.2) is 41.5 Å². The fraction of sp³-hybridized carbons (Fsp3) is 0.316. The van der Waals surface area contributed by atoms with Gasteiger partial charge in [-0.05, 0) is 49.1 Å². The molecule has 0 aromatic heterocycles. The van der Waals surface area contributed by atoms with E-state index in [4.69, 9.17) is 14.6 Å². The molecule has 2 aromatic rings. The molecule has 0 amide bonds. The molecule has 132 valence electrons. The van der Waals surface area contributed by atoms with E-state index < -0.39 is 0 Å². The number of nitrogens with zero attached hydrogens (tertiary/aromatic N) is 3. The molecular weight excluding hydrogens is 334 g/mol. The van der Waals surface area contributed by atoms with Crippen LogP contribution in [0.5, 0.6) is 11.5 Å². The molecule has 0 aliphatic carbocycles. The lowest BCUT2D eigenvalue weighted by Gasteiger charge is -2.19. The van der Waals surface area contributed by atoms with Crippen molar-refractivity contribution in [2.45, 2.75) is 25.3 Å². The number of hydrogen-bond acceptors (Lipinski definition) is 6. The van der Waals surface area contributed by atoms with Crippen LogP contribution in [0.4, 0.5) is 5.69 Å². The van der Waals surface area contributed by atoms with Gasteiger partial charge in [0.2, 0.25) is 6.79 Å². The minimum absolute atomic E-state index is 0.0768. The second-order valence-electron chi connectivity index (χ2n) is 6.78. The van der Waals surface area contributed by atoms with Crippen LogP contribution in [0.2, 0.25) is 0 Å². The van der Waals surface area contributed by atoms with E-state index in [0.717, 1.165) is 54.1 Å². The Morgan fingerprint density at radius 3 is 2.69 bits per heavy atom. The third kappa shape index (κ3) is 2.39. The smallest absolute Gasteiger partial charge is 0.269 e. The molecule has 1 unspecified atom stereocenters. The first kappa shape index (κ1) is 15.2. The summed E-state index contributed by atoms with van der Waals surface area (Å²) in [6.07, 6.45) is 3.15. The summed E-state index contributed by atoms with van der Waals surface area (Å²) < 4.78 is 11.1. The summed E-state index contributed by atoms with van der Waals surface area (Å²) in [5.74, 6) is 1.50. The van der Waals surface area contributed by atoms with E-state index in [2.05, 4.69) is 11.1 Å². The Morgan fingerprint density at radius 2 is 1.92 bits per heavy atom. The van der Waals surface area contributed by atoms with Gasteiger partial charge < -0.3 is 9.47 Å². The van der Waals surface area contributed by atoms with Crippen LogP contribution < -0.4 is 9.47 Å². The number of non-ortho nitro benzene ring substituents is 1. The Balaban J connectivity index is 1.65. The van der Waals surface area contributed by atoms with Crippen molar-refractivity contribution in [2.24, 2.45) is 5.10 Å². The molecular formula is C19H17N3O4. The lowest BCUT2D eigenvalue weighted by molar-refractivity contribution is -0.384. The first-order valence-corrected chi connectivity index (χ1v) is 8.72. The minimum Gasteiger partial charge on any atom is -0.454 e. The van der Waals surface area contributed by atoms with Gasteiger partial charge in [0.15, 0.2) is 11.5 Å². The monoisotopic (exact) mass is 351 g/mol. The molecule has 0 saturated carbocycles. The van der Waals surface area contributed by atoms with Crippen LogP contribution in [0, 0.1) is 10.1 Å². The number of benzene rings is 2. The fourth-order valence-corrected chi connectivity index (χ4v) is 3.92. The summed E-state index contributed by atoms with van der Waals surface area (Å²) in [5, 5.41) is 18.0. The topological polar surface area (TPSA) is 77.2 Å². The quantitative estimate of drug-likeness (QED) is 0.614. The highest BCUT2D eigenvalue weighted by molar-refractivity contribution is 6.14. The molecule has 1 atom stereocenters. The fourth-order valence-electron chi connectivity index (χ4n) is 3.92. The molecule has 0 spiro atoms. The van der Waals surface area contributed by atoms with Gasteiger partial charge >= 0.3 is 0 Å². The Morgan fingerprint density at radius 1 is 1.15 bits per heavy atom. The van der Waals surface area contributed by atoms with E-state index in [0.29, 0.717) is 6.04 Å². The molecule has 3 heterocycles. The van der Waals surface area contributed by atoms with E-state index in [1.54, 1.807) is 12.1 Å². The van der Waals surface area contributed by atoms with Gasteiger partial charge in [-0.15, -0.1) is 0 Å². The van der Waals surface area contributed by atoms with Crippen LogP contribution in [0.1, 0.15) is 29.5 Å². The van der Waals surface area contributed by atoms with Gasteiger partial charge in [0, 0.05) is 29.8 Å². The van der Waals surface area contributed by atoms with Gasteiger partial charge in [-0.1, -0.05) is 0 Å². The zero-order valence-electron chi connectivity index (χ0n) is 14.1. The first-order valence-electron chi connectivity index (χ1n) is 8.72. The largest absolute Gasteiger partial charge is 0.454 e. The van der Waals surface area contributed by atoms with Gasteiger partial charge in [-0.2, -0.15) is 5.10 Å². The molecule has 3 aliphatic rings. The van der Waals surface area contributed by atoms with Crippen LogP contribution in [0.25, 0.3) is 0 Å². The maximum atomic E-state index is 11.0. The summed E-state index contributed by atoms with van der Waals surface area (Å²) in [6, 6.07) is 11.0. The first-order chi connectivity index (χ1) is 12.7. The van der Waals surface area contributed by atoms with Crippen molar-refractivity contribution in [2.75, 3.05) is 13.3 Å². The molecule has 7 heteroatoms. The molecule has 0 bridgehead atoms. The van der Waals surface area contributed by atoms with Gasteiger partial charge in [0.1, 0.15) is 0 Å². The number of ether oxygens (including phenoxy) is 2. The highest BCUT2D eigenvalue weighted by Gasteiger charge is 2.31. The Kier molecular flexibility index (Phi) is 3.34. The summed E-state index contributed by atoms with van der Waals surface area (Å²) in [6.45, 7) is 1.17. The van der Waals surface area contributed by atoms with E-state index in [9.17, 15) is 10.1 Å². The second-order valence-corrected chi connectivity index (χ2v) is 6.78. The molecule has 7 nitrogen and oxygen atoms in total. The molecule has 1 fully saturated rings. The van der Waals surface area contributed by atoms with Crippen molar-refractivity contribution in [3.8, 4) is 11.5 Å². The zero-order valence-corrected chi connectivity index (χ0v) is 14.1. The maximum Gasteiger partial charge on any atom is 0.269 e. The summed E-state index contributed by atoms with van der Waals surface area (Å²) >= 11 is 0. The molecule has 5 rings (SSSR count). The lowest BCUT2D eigenvalue weighted by atomic mass is 9.93. The van der Waals surface area contributed by atoms with Gasteiger partial charge in [-0.25, -0.2) is 0 Å². The average molecular weight is 351 g/mol. The molecule has 0 N–H and O–H groups in total. The van der Waals surface area contributed by atoms with Crippen molar-refractivity contribution in [3.63, 3.8) is 0 Å². The van der Waals surface area contributed by atoms with E-state index >= 15 is 0 Å². The Hall–Kier alpha value is -3.09. The number of hydrazone groups is 1. The van der Waals surface area contributed by atoms with Crippen molar-refractivity contribution in [1.29, 1.82) is 0 Å². The normalized spacial score (nSPS) is 20.2. The standard InChI is InChI=1S/C19H17N3O4/c23-22(24)14-5-3-12(4-6-14)19-16-10-18-17(25-11-26-18)9-13(16)8-15-2-1-7-21(15)20-19/h3-6,9-10,15H,1-2,7-8,11H2. The number of nitro groups is 1. The van der Waals surface area contributed by atoms with Crippen LogP contribution in [-0.4, -0.2) is 35.0 Å². The van der Waals surface area contributed by atoms with Gasteiger partial charge in [-0.3, -0.25) is 15.1 Å². The molecule has 26 heavy (non-hydrogen) atoms. The van der Waals surface area contributed by atoms with Crippen molar-refractivity contribution >= 4 is 11.4 Å². The maximum absolute atomic E-state index is 11.0. The number of nitro benzene ring substituents is 1. The van der Waals surface area contributed by atoms with Crippen molar-refractivity contribution < 1.29 is 14.4 Å². The average Bonchev–Trinajstić information content (AvgIpc) is 3.25. The third-order valence-corrected chi connectivity index (χ3v) is 5.24. The highest BCUT2D eigenvalue weighted by atomic mass is 16.7. The molecule has 2 aromatic carbocycles. The molecule has 1 saturated heterocycles. The number of rotatable bonds is 2. The summed E-state index contributed by atoms with van der Waals surface area (Å²) in [5.41, 5.74) is 3.96. The predicted octanol–water partition coefficient (Wildman–Crippen LogP) is 3.10. The summed E-state index contributed by atoms with van der Waals surface area (Å²) in [4.78, 5) is 10.6. The van der Waals surface area contributed by atoms with Gasteiger partial charge in [0.05, 0.1) is 16.7 Å². The van der Waals surface area contributed by atoms with E-state index in [1.165, 1.54) is 17.7 Å². The zero-order chi connectivity index (χ0) is 17.7. The number of hydrogen-bond donors (Lipinski definition) is 0. The van der Waals surface area contributed by atoms with Crippen LogP contribution >= 0.6 is 0 Å². The SMILES string of the molecule is O=[N+]([O-])c1ccc(C2=NN3CCCC3Cc3cc4c(cc32)OCO4)cc1. The Labute approximate surface area is 150 Å².